The summed E-state index contributed by atoms with van der Waals surface area (Å²) >= 11 is 0. The van der Waals surface area contributed by atoms with Crippen LogP contribution in [-0.4, -0.2) is 11.6 Å². The Kier molecular flexibility index (Phi) is 2.67. The van der Waals surface area contributed by atoms with Crippen molar-refractivity contribution in [3.63, 3.8) is 0 Å². The van der Waals surface area contributed by atoms with E-state index in [1.54, 1.807) is 18.2 Å². The zero-order valence-electron chi connectivity index (χ0n) is 10.4. The highest BCUT2D eigenvalue weighted by Gasteiger charge is 2.41. The van der Waals surface area contributed by atoms with Crippen molar-refractivity contribution in [3.8, 4) is 0 Å². The predicted molar refractivity (Wildman–Crippen MR) is 71.0 cm³/mol. The molecule has 3 nitrogen and oxygen atoms in total. The fourth-order valence-electron chi connectivity index (χ4n) is 2.16. The van der Waals surface area contributed by atoms with Crippen LogP contribution in [0, 0.1) is 12.8 Å². The van der Waals surface area contributed by atoms with Crippen molar-refractivity contribution >= 4 is 17.6 Å². The normalized spacial score (nSPS) is 23.3. The maximum absolute atomic E-state index is 12.1. The summed E-state index contributed by atoms with van der Waals surface area (Å²) < 4.78 is 5.48. The molecule has 0 amide bonds. The molecule has 1 aliphatic carbocycles. The Morgan fingerprint density at radius 1 is 1.16 bits per heavy atom. The van der Waals surface area contributed by atoms with Gasteiger partial charge in [0.2, 0.25) is 5.78 Å². The summed E-state index contributed by atoms with van der Waals surface area (Å²) in [5, 5.41) is 0. The maximum Gasteiger partial charge on any atom is 0.216 e. The molecule has 0 bridgehead atoms. The summed E-state index contributed by atoms with van der Waals surface area (Å²) in [7, 11) is 0. The second kappa shape index (κ2) is 4.35. The average molecular weight is 252 g/mol. The number of rotatable bonds is 1. The summed E-state index contributed by atoms with van der Waals surface area (Å²) in [5.74, 6) is -0.592. The molecule has 1 fully saturated rings. The first kappa shape index (κ1) is 11.7. The van der Waals surface area contributed by atoms with Crippen LogP contribution in [0.2, 0.25) is 0 Å². The van der Waals surface area contributed by atoms with Gasteiger partial charge < -0.3 is 4.74 Å². The van der Waals surface area contributed by atoms with Gasteiger partial charge in [-0.05, 0) is 30.7 Å². The van der Waals surface area contributed by atoms with Crippen molar-refractivity contribution in [1.82, 2.24) is 0 Å². The van der Waals surface area contributed by atoms with Crippen molar-refractivity contribution in [1.29, 1.82) is 0 Å². The smallest absolute Gasteiger partial charge is 0.216 e. The summed E-state index contributed by atoms with van der Waals surface area (Å²) in [6.07, 6.45) is 6.36. The largest absolute Gasteiger partial charge is 0.457 e. The van der Waals surface area contributed by atoms with Crippen LogP contribution in [-0.2, 0) is 14.3 Å². The molecular weight excluding hydrogens is 240 g/mol. The van der Waals surface area contributed by atoms with Crippen LogP contribution in [0.5, 0.6) is 0 Å². The lowest BCUT2D eigenvalue weighted by molar-refractivity contribution is -0.125. The molecule has 1 unspecified atom stereocenters. The van der Waals surface area contributed by atoms with E-state index in [0.29, 0.717) is 5.76 Å². The van der Waals surface area contributed by atoms with Gasteiger partial charge in [0.15, 0.2) is 11.5 Å². The standard InChI is InChI=1S/C16H12O3/c1-10-5-7-11(8-6-10)9-14-16(18)15-12(17)3-2-4-13(15)19-14/h2-9,15H,1H3/b14-9-. The molecule has 2 aliphatic rings. The average Bonchev–Trinajstić information content (AvgIpc) is 2.71. The molecular formula is C16H12O3. The molecule has 1 saturated heterocycles. The lowest BCUT2D eigenvalue weighted by Crippen LogP contribution is -2.20. The minimum atomic E-state index is -0.776. The van der Waals surface area contributed by atoms with Crippen LogP contribution in [0.25, 0.3) is 6.08 Å². The maximum atomic E-state index is 12.1. The number of benzene rings is 1. The van der Waals surface area contributed by atoms with Gasteiger partial charge in [-0.15, -0.1) is 0 Å². The second-order valence-corrected chi connectivity index (χ2v) is 4.65. The number of ketones is 2. The molecule has 0 spiro atoms. The van der Waals surface area contributed by atoms with Gasteiger partial charge in [0, 0.05) is 0 Å². The van der Waals surface area contributed by atoms with Crippen LogP contribution >= 0.6 is 0 Å². The van der Waals surface area contributed by atoms with E-state index in [9.17, 15) is 9.59 Å². The first-order chi connectivity index (χ1) is 9.15. The molecule has 1 aromatic carbocycles. The molecule has 3 heteroatoms. The molecule has 3 rings (SSSR count). The first-order valence-corrected chi connectivity index (χ1v) is 6.08. The highest BCUT2D eigenvalue weighted by Crippen LogP contribution is 2.33. The molecule has 19 heavy (non-hydrogen) atoms. The highest BCUT2D eigenvalue weighted by molar-refractivity contribution is 6.18. The van der Waals surface area contributed by atoms with Crippen LogP contribution in [0.4, 0.5) is 0 Å². The number of carbonyl (C=O) groups is 2. The van der Waals surface area contributed by atoms with Crippen molar-refractivity contribution in [2.24, 2.45) is 5.92 Å². The summed E-state index contributed by atoms with van der Waals surface area (Å²) in [4.78, 5) is 23.8. The number of ether oxygens (including phenoxy) is 1. The molecule has 1 aromatic rings. The van der Waals surface area contributed by atoms with Crippen LogP contribution < -0.4 is 0 Å². The van der Waals surface area contributed by atoms with Crippen molar-refractivity contribution in [3.05, 3.63) is 65.1 Å². The van der Waals surface area contributed by atoms with Gasteiger partial charge in [-0.2, -0.15) is 0 Å². The Morgan fingerprint density at radius 3 is 2.58 bits per heavy atom. The van der Waals surface area contributed by atoms with Gasteiger partial charge in [0.05, 0.1) is 0 Å². The quantitative estimate of drug-likeness (QED) is 0.570. The number of aryl methyl sites for hydroxylation is 1. The molecule has 94 valence electrons. The van der Waals surface area contributed by atoms with E-state index in [2.05, 4.69) is 0 Å². The Morgan fingerprint density at radius 2 is 1.89 bits per heavy atom. The third-order valence-electron chi connectivity index (χ3n) is 3.20. The monoisotopic (exact) mass is 252 g/mol. The van der Waals surface area contributed by atoms with E-state index < -0.39 is 5.92 Å². The van der Waals surface area contributed by atoms with E-state index >= 15 is 0 Å². The molecule has 1 aliphatic heterocycles. The number of Topliss-reactive ketones (excluding diaryl/α,β-unsaturated/α-hetero) is 1. The van der Waals surface area contributed by atoms with E-state index in [1.165, 1.54) is 6.08 Å². The number of fused-ring (bicyclic) bond motifs is 1. The minimum Gasteiger partial charge on any atom is -0.457 e. The lowest BCUT2D eigenvalue weighted by Gasteiger charge is -2.05. The van der Waals surface area contributed by atoms with E-state index in [-0.39, 0.29) is 17.3 Å². The zero-order valence-corrected chi connectivity index (χ0v) is 10.4. The fraction of sp³-hybridized carbons (Fsp3) is 0.125. The Bertz CT molecular complexity index is 645. The first-order valence-electron chi connectivity index (χ1n) is 6.08. The van der Waals surface area contributed by atoms with E-state index in [0.717, 1.165) is 11.1 Å². The molecule has 0 saturated carbocycles. The fourth-order valence-corrected chi connectivity index (χ4v) is 2.16. The zero-order chi connectivity index (χ0) is 13.4. The SMILES string of the molecule is Cc1ccc(/C=C2\OC3=CC=CC(=O)C3C2=O)cc1. The van der Waals surface area contributed by atoms with Gasteiger partial charge in [-0.25, -0.2) is 0 Å². The van der Waals surface area contributed by atoms with Crippen molar-refractivity contribution < 1.29 is 14.3 Å². The van der Waals surface area contributed by atoms with Crippen molar-refractivity contribution in [2.75, 3.05) is 0 Å². The molecule has 1 heterocycles. The Labute approximate surface area is 110 Å². The van der Waals surface area contributed by atoms with E-state index in [1.807, 2.05) is 31.2 Å². The molecule has 0 aromatic heterocycles. The number of hydrogen-bond acceptors (Lipinski definition) is 3. The minimum absolute atomic E-state index is 0.213. The van der Waals surface area contributed by atoms with Crippen molar-refractivity contribution in [2.45, 2.75) is 6.92 Å². The number of allylic oxidation sites excluding steroid dienone is 5. The van der Waals surface area contributed by atoms with Gasteiger partial charge in [-0.1, -0.05) is 35.9 Å². The predicted octanol–water partition coefficient (Wildman–Crippen LogP) is 2.57. The topological polar surface area (TPSA) is 43.4 Å². The van der Waals surface area contributed by atoms with Gasteiger partial charge >= 0.3 is 0 Å². The Balaban J connectivity index is 1.94. The summed E-state index contributed by atoms with van der Waals surface area (Å²) in [6, 6.07) is 7.75. The molecule has 1 atom stereocenters. The summed E-state index contributed by atoms with van der Waals surface area (Å²) in [6.45, 7) is 2.00. The summed E-state index contributed by atoms with van der Waals surface area (Å²) in [5.41, 5.74) is 2.03. The Hall–Kier alpha value is -2.42. The third-order valence-corrected chi connectivity index (χ3v) is 3.20. The van der Waals surface area contributed by atoms with E-state index in [4.69, 9.17) is 4.74 Å². The second-order valence-electron chi connectivity index (χ2n) is 4.65. The highest BCUT2D eigenvalue weighted by atomic mass is 16.5. The lowest BCUT2D eigenvalue weighted by atomic mass is 9.94. The number of hydrogen-bond donors (Lipinski definition) is 0. The molecule has 0 N–H and O–H groups in total. The molecule has 0 radical (unpaired) electrons. The van der Waals surface area contributed by atoms with Gasteiger partial charge in [-0.3, -0.25) is 9.59 Å². The van der Waals surface area contributed by atoms with Gasteiger partial charge in [0.25, 0.3) is 0 Å². The van der Waals surface area contributed by atoms with Crippen LogP contribution in [0.1, 0.15) is 11.1 Å². The van der Waals surface area contributed by atoms with Gasteiger partial charge in [0.1, 0.15) is 11.7 Å². The number of carbonyl (C=O) groups excluding carboxylic acids is 2. The third kappa shape index (κ3) is 2.03. The van der Waals surface area contributed by atoms with Crippen LogP contribution in [0.3, 0.4) is 0 Å². The van der Waals surface area contributed by atoms with Crippen LogP contribution in [0.15, 0.2) is 54.0 Å².